The van der Waals surface area contributed by atoms with Crippen molar-refractivity contribution in [2.75, 3.05) is 0 Å². The molecule has 0 spiro atoms. The molecule has 132 valence electrons. The second-order valence-corrected chi connectivity index (χ2v) is 7.60. The largest absolute Gasteiger partial charge is 0.314 e. The molecule has 4 aromatic rings. The molecule has 0 bridgehead atoms. The van der Waals surface area contributed by atoms with Gasteiger partial charge >= 0.3 is 0 Å². The van der Waals surface area contributed by atoms with Gasteiger partial charge in [0.05, 0.1) is 25.7 Å². The highest BCUT2D eigenvalue weighted by atomic mass is 79.9. The van der Waals surface area contributed by atoms with Crippen molar-refractivity contribution in [2.45, 2.75) is 0 Å². The number of nitrogens with zero attached hydrogens (tertiary/aromatic N) is 2. The van der Waals surface area contributed by atoms with E-state index in [4.69, 9.17) is 0 Å². The molecule has 4 rings (SSSR count). The first kappa shape index (κ1) is 17.9. The van der Waals surface area contributed by atoms with Crippen LogP contribution in [0.15, 0.2) is 69.7 Å². The summed E-state index contributed by atoms with van der Waals surface area (Å²) in [5, 5.41) is 9.35. The zero-order chi connectivity index (χ0) is 19.1. The van der Waals surface area contributed by atoms with E-state index in [0.29, 0.717) is 10.0 Å². The summed E-state index contributed by atoms with van der Waals surface area (Å²) in [6, 6.07) is 16.3. The van der Waals surface area contributed by atoms with Crippen molar-refractivity contribution in [3.05, 3.63) is 86.9 Å². The summed E-state index contributed by atoms with van der Waals surface area (Å²) >= 11 is 7.07. The highest BCUT2D eigenvalue weighted by molar-refractivity contribution is 9.11. The van der Waals surface area contributed by atoms with Crippen LogP contribution in [0, 0.1) is 23.0 Å². The zero-order valence-electron chi connectivity index (χ0n) is 13.7. The summed E-state index contributed by atoms with van der Waals surface area (Å²) in [5.41, 5.74) is 4.54. The Balaban J connectivity index is 2.13. The van der Waals surface area contributed by atoms with Gasteiger partial charge in [0, 0.05) is 11.8 Å². The number of pyridine rings is 1. The molecule has 0 radical (unpaired) electrons. The molecule has 2 heterocycles. The molecule has 0 atom stereocenters. The number of aromatic nitrogens is 1. The Morgan fingerprint density at radius 3 is 1.96 bits per heavy atom. The third-order valence-electron chi connectivity index (χ3n) is 4.33. The minimum absolute atomic E-state index is 0.323. The Morgan fingerprint density at radius 2 is 1.41 bits per heavy atom. The average Bonchev–Trinajstić information content (AvgIpc) is 2.94. The number of rotatable bonds is 2. The van der Waals surface area contributed by atoms with Gasteiger partial charge in [0.2, 0.25) is 0 Å². The Hall–Kier alpha value is -2.49. The summed E-state index contributed by atoms with van der Waals surface area (Å²) in [5.74, 6) is -0.647. The Kier molecular flexibility index (Phi) is 4.58. The highest BCUT2D eigenvalue weighted by Crippen LogP contribution is 2.43. The smallest absolute Gasteiger partial charge is 0.123 e. The lowest BCUT2D eigenvalue weighted by molar-refractivity contribution is 0.627. The maximum atomic E-state index is 13.5. The predicted molar refractivity (Wildman–Crippen MR) is 108 cm³/mol. The lowest BCUT2D eigenvalue weighted by Gasteiger charge is -2.09. The van der Waals surface area contributed by atoms with Gasteiger partial charge in [0.15, 0.2) is 0 Å². The quantitative estimate of drug-likeness (QED) is 0.300. The van der Waals surface area contributed by atoms with Gasteiger partial charge in [-0.1, -0.05) is 12.1 Å². The second-order valence-electron chi connectivity index (χ2n) is 5.95. The topological polar surface area (TPSA) is 28.2 Å². The maximum Gasteiger partial charge on any atom is 0.123 e. The van der Waals surface area contributed by atoms with E-state index in [-0.39, 0.29) is 11.6 Å². The molecule has 0 aliphatic rings. The second kappa shape index (κ2) is 6.91. The van der Waals surface area contributed by atoms with Crippen LogP contribution in [-0.4, -0.2) is 4.40 Å². The molecule has 6 heteroatoms. The van der Waals surface area contributed by atoms with E-state index in [2.05, 4.69) is 37.9 Å². The van der Waals surface area contributed by atoms with E-state index in [1.807, 2.05) is 10.6 Å². The lowest BCUT2D eigenvalue weighted by Crippen LogP contribution is -1.92. The van der Waals surface area contributed by atoms with Crippen LogP contribution in [0.3, 0.4) is 0 Å². The first-order valence-corrected chi connectivity index (χ1v) is 9.53. The lowest BCUT2D eigenvalue weighted by atomic mass is 10.0. The van der Waals surface area contributed by atoms with Gasteiger partial charge in [-0.05, 0) is 85.5 Å². The molecule has 0 unspecified atom stereocenters. The van der Waals surface area contributed by atoms with E-state index in [1.54, 1.807) is 30.3 Å². The predicted octanol–water partition coefficient (Wildman–Crippen LogP) is 6.95. The molecule has 0 fully saturated rings. The fourth-order valence-electron chi connectivity index (χ4n) is 3.09. The molecule has 0 saturated carbocycles. The molecule has 27 heavy (non-hydrogen) atoms. The van der Waals surface area contributed by atoms with E-state index in [0.717, 1.165) is 32.4 Å². The first-order valence-electron chi connectivity index (χ1n) is 7.94. The van der Waals surface area contributed by atoms with Crippen LogP contribution in [-0.2, 0) is 0 Å². The number of benzene rings is 2. The Morgan fingerprint density at radius 1 is 0.852 bits per heavy atom. The van der Waals surface area contributed by atoms with Gasteiger partial charge < -0.3 is 4.40 Å². The summed E-state index contributed by atoms with van der Waals surface area (Å²) in [6.45, 7) is 0. The van der Waals surface area contributed by atoms with Crippen molar-refractivity contribution >= 4 is 37.4 Å². The SMILES string of the molecule is N#Cc1cc2c(Br)c(-c3ccc(F)cc3)c(-c3ccc(F)cc3)n2cc1Br. The number of hydrogen-bond acceptors (Lipinski definition) is 1. The van der Waals surface area contributed by atoms with Crippen molar-refractivity contribution in [3.63, 3.8) is 0 Å². The summed E-state index contributed by atoms with van der Waals surface area (Å²) < 4.78 is 30.2. The molecule has 2 aromatic heterocycles. The summed E-state index contributed by atoms with van der Waals surface area (Å²) in [7, 11) is 0. The van der Waals surface area contributed by atoms with Crippen LogP contribution in [0.2, 0.25) is 0 Å². The van der Waals surface area contributed by atoms with E-state index >= 15 is 0 Å². The zero-order valence-corrected chi connectivity index (χ0v) is 16.9. The molecule has 0 amide bonds. The summed E-state index contributed by atoms with van der Waals surface area (Å²) in [6.07, 6.45) is 1.81. The Labute approximate surface area is 170 Å². The van der Waals surface area contributed by atoms with Crippen LogP contribution in [0.1, 0.15) is 5.56 Å². The molecular weight excluding hydrogens is 478 g/mol. The van der Waals surface area contributed by atoms with Crippen molar-refractivity contribution in [1.29, 1.82) is 5.26 Å². The van der Waals surface area contributed by atoms with Crippen LogP contribution < -0.4 is 0 Å². The van der Waals surface area contributed by atoms with Crippen molar-refractivity contribution in [2.24, 2.45) is 0 Å². The monoisotopic (exact) mass is 486 g/mol. The number of halogens is 4. The minimum atomic E-state index is -0.324. The van der Waals surface area contributed by atoms with Gasteiger partial charge in [0.1, 0.15) is 17.7 Å². The summed E-state index contributed by atoms with van der Waals surface area (Å²) in [4.78, 5) is 0. The molecule has 0 saturated heterocycles. The fourth-order valence-corrected chi connectivity index (χ4v) is 4.22. The van der Waals surface area contributed by atoms with Crippen molar-refractivity contribution < 1.29 is 8.78 Å². The van der Waals surface area contributed by atoms with Crippen LogP contribution in [0.25, 0.3) is 27.9 Å². The molecule has 2 aromatic carbocycles. The fraction of sp³-hybridized carbons (Fsp3) is 0. The van der Waals surface area contributed by atoms with Gasteiger partial charge in [-0.3, -0.25) is 0 Å². The number of nitriles is 1. The van der Waals surface area contributed by atoms with Gasteiger partial charge in [-0.25, -0.2) is 8.78 Å². The highest BCUT2D eigenvalue weighted by Gasteiger charge is 2.21. The molecule has 0 aliphatic carbocycles. The van der Waals surface area contributed by atoms with E-state index in [9.17, 15) is 14.0 Å². The normalized spacial score (nSPS) is 10.9. The van der Waals surface area contributed by atoms with E-state index < -0.39 is 0 Å². The first-order chi connectivity index (χ1) is 13.0. The van der Waals surface area contributed by atoms with Crippen molar-refractivity contribution in [1.82, 2.24) is 4.40 Å². The van der Waals surface area contributed by atoms with Crippen LogP contribution in [0.4, 0.5) is 8.78 Å². The van der Waals surface area contributed by atoms with Gasteiger partial charge in [-0.2, -0.15) is 5.26 Å². The van der Waals surface area contributed by atoms with Crippen LogP contribution >= 0.6 is 31.9 Å². The molecular formula is C21H10Br2F2N2. The standard InChI is InChI=1S/C21H10Br2F2N2/c22-17-11-27-18(9-14(17)10-26)20(23)19(12-1-5-15(24)6-2-12)21(27)13-3-7-16(25)8-4-13/h1-9,11H. The molecule has 2 nitrogen and oxygen atoms in total. The third-order valence-corrected chi connectivity index (χ3v) is 5.77. The molecule has 0 N–H and O–H groups in total. The van der Waals surface area contributed by atoms with Crippen molar-refractivity contribution in [3.8, 4) is 28.5 Å². The minimum Gasteiger partial charge on any atom is -0.314 e. The van der Waals surface area contributed by atoms with E-state index in [1.165, 1.54) is 24.3 Å². The Bertz CT molecular complexity index is 1200. The van der Waals surface area contributed by atoms with Gasteiger partial charge in [-0.15, -0.1) is 0 Å². The average molecular weight is 488 g/mol. The molecule has 0 aliphatic heterocycles. The van der Waals surface area contributed by atoms with Gasteiger partial charge in [0.25, 0.3) is 0 Å². The maximum absolute atomic E-state index is 13.5. The van der Waals surface area contributed by atoms with Crippen LogP contribution in [0.5, 0.6) is 0 Å². The number of hydrogen-bond donors (Lipinski definition) is 0. The number of fused-ring (bicyclic) bond motifs is 1. The third kappa shape index (κ3) is 3.07.